The van der Waals surface area contributed by atoms with Gasteiger partial charge < -0.3 is 15.5 Å². The molecule has 0 aliphatic carbocycles. The molecule has 3 N–H and O–H groups in total. The number of aliphatic hydroxyl groups is 1. The van der Waals surface area contributed by atoms with Crippen LogP contribution in [0.25, 0.3) is 0 Å². The van der Waals surface area contributed by atoms with Crippen molar-refractivity contribution in [3.05, 3.63) is 0 Å². The SMILES string of the molecule is Cl.O=C(O)[C@@H]1C[C@@H](O)CN1.[H+]. The zero-order chi connectivity index (χ0) is 6.85. The molecule has 10 heavy (non-hydrogen) atoms. The Morgan fingerprint density at radius 1 is 1.70 bits per heavy atom. The average molecular weight is 169 g/mol. The van der Waals surface area contributed by atoms with Crippen LogP contribution >= 0.6 is 12.4 Å². The number of hydrogen-bond donors (Lipinski definition) is 3. The van der Waals surface area contributed by atoms with Crippen LogP contribution in [-0.4, -0.2) is 34.9 Å². The highest BCUT2D eigenvalue weighted by Gasteiger charge is 2.27. The van der Waals surface area contributed by atoms with Gasteiger partial charge in [0.15, 0.2) is 0 Å². The van der Waals surface area contributed by atoms with E-state index in [0.717, 1.165) is 0 Å². The number of hydrogen-bond acceptors (Lipinski definition) is 3. The Balaban J connectivity index is 0. The van der Waals surface area contributed by atoms with Crippen LogP contribution < -0.4 is 5.32 Å². The number of aliphatic carboxylic acids is 1. The highest BCUT2D eigenvalue weighted by molar-refractivity contribution is 5.85. The molecular weight excluding hydrogens is 158 g/mol. The lowest BCUT2D eigenvalue weighted by Crippen LogP contribution is -2.29. The van der Waals surface area contributed by atoms with Crippen molar-refractivity contribution in [2.45, 2.75) is 18.6 Å². The Bertz CT molecular complexity index is 135. The van der Waals surface area contributed by atoms with Crippen LogP contribution in [-0.2, 0) is 4.79 Å². The maximum atomic E-state index is 10.2. The van der Waals surface area contributed by atoms with E-state index in [0.29, 0.717) is 13.0 Å². The van der Waals surface area contributed by atoms with Gasteiger partial charge in [-0.15, -0.1) is 12.4 Å². The number of β-amino-alcohol motifs (C(OH)–C–C–N with tert-alkyl or cyclic N) is 1. The van der Waals surface area contributed by atoms with Crippen LogP contribution in [0.3, 0.4) is 0 Å². The van der Waals surface area contributed by atoms with Gasteiger partial charge in [0.1, 0.15) is 6.04 Å². The van der Waals surface area contributed by atoms with E-state index in [2.05, 4.69) is 5.32 Å². The second-order valence-corrected chi connectivity index (χ2v) is 2.19. The molecule has 0 aromatic carbocycles. The molecule has 0 bridgehead atoms. The molecule has 2 atom stereocenters. The first kappa shape index (κ1) is 9.68. The molecular formula is C5H11ClNO3+. The molecule has 0 saturated carbocycles. The van der Waals surface area contributed by atoms with Crippen molar-refractivity contribution >= 4 is 18.4 Å². The molecule has 1 aliphatic heterocycles. The predicted molar refractivity (Wildman–Crippen MR) is 38.4 cm³/mol. The summed E-state index contributed by atoms with van der Waals surface area (Å²) in [7, 11) is 0. The molecule has 60 valence electrons. The van der Waals surface area contributed by atoms with Gasteiger partial charge in [-0.1, -0.05) is 0 Å². The first-order valence-corrected chi connectivity index (χ1v) is 2.84. The van der Waals surface area contributed by atoms with Crippen LogP contribution in [0, 0.1) is 0 Å². The molecule has 1 saturated heterocycles. The van der Waals surface area contributed by atoms with Gasteiger partial charge in [0.2, 0.25) is 0 Å². The minimum absolute atomic E-state index is 0. The van der Waals surface area contributed by atoms with Gasteiger partial charge >= 0.3 is 7.40 Å². The van der Waals surface area contributed by atoms with E-state index in [1.165, 1.54) is 0 Å². The van der Waals surface area contributed by atoms with E-state index in [4.69, 9.17) is 10.2 Å². The monoisotopic (exact) mass is 168 g/mol. The van der Waals surface area contributed by atoms with Crippen molar-refractivity contribution in [3.63, 3.8) is 0 Å². The second-order valence-electron chi connectivity index (χ2n) is 2.19. The van der Waals surface area contributed by atoms with Crippen molar-refractivity contribution in [1.82, 2.24) is 5.32 Å². The molecule has 1 rings (SSSR count). The number of carboxylic acid groups (broad SMARTS) is 1. The summed E-state index contributed by atoms with van der Waals surface area (Å²) in [5, 5.41) is 19.8. The van der Waals surface area contributed by atoms with Gasteiger partial charge in [-0.2, -0.15) is 0 Å². The molecule has 1 heterocycles. The van der Waals surface area contributed by atoms with Gasteiger partial charge in [-0.05, 0) is 0 Å². The molecule has 5 heteroatoms. The minimum Gasteiger partial charge on any atom is -0.480 e. The summed E-state index contributed by atoms with van der Waals surface area (Å²) >= 11 is 0. The zero-order valence-corrected chi connectivity index (χ0v) is 6.10. The number of rotatable bonds is 1. The first-order chi connectivity index (χ1) is 4.20. The van der Waals surface area contributed by atoms with E-state index < -0.39 is 18.1 Å². The second kappa shape index (κ2) is 3.75. The van der Waals surface area contributed by atoms with Crippen molar-refractivity contribution in [3.8, 4) is 0 Å². The predicted octanol–water partition coefficient (Wildman–Crippen LogP) is -0.672. The first-order valence-electron chi connectivity index (χ1n) is 2.84. The smallest absolute Gasteiger partial charge is 0.480 e. The summed E-state index contributed by atoms with van der Waals surface area (Å²) in [5.41, 5.74) is 0. The van der Waals surface area contributed by atoms with Crippen molar-refractivity contribution in [1.29, 1.82) is 0 Å². The maximum absolute atomic E-state index is 10.2. The Labute approximate surface area is 66.1 Å². The molecule has 1 aliphatic rings. The van der Waals surface area contributed by atoms with Crippen LogP contribution in [0.5, 0.6) is 0 Å². The molecule has 0 radical (unpaired) electrons. The summed E-state index contributed by atoms with van der Waals surface area (Å²) in [6.45, 7) is 0.400. The van der Waals surface area contributed by atoms with Crippen LogP contribution in [0.1, 0.15) is 7.85 Å². The van der Waals surface area contributed by atoms with Crippen molar-refractivity contribution in [2.75, 3.05) is 6.54 Å². The van der Waals surface area contributed by atoms with Gasteiger partial charge in [0, 0.05) is 13.0 Å². The largest absolute Gasteiger partial charge is 1.00 e. The number of carboxylic acids is 1. The fourth-order valence-electron chi connectivity index (χ4n) is 0.905. The molecule has 1 fully saturated rings. The third kappa shape index (κ3) is 2.13. The van der Waals surface area contributed by atoms with Gasteiger partial charge in [0.25, 0.3) is 0 Å². The van der Waals surface area contributed by atoms with Crippen LogP contribution in [0.4, 0.5) is 0 Å². The average Bonchev–Trinajstić information content (AvgIpc) is 2.14. The Kier molecular flexibility index (Phi) is 3.63. The number of carbonyl (C=O) groups is 1. The topological polar surface area (TPSA) is 69.6 Å². The number of halogens is 1. The van der Waals surface area contributed by atoms with Gasteiger partial charge in [-0.25, -0.2) is 0 Å². The van der Waals surface area contributed by atoms with Crippen LogP contribution in [0.15, 0.2) is 0 Å². The highest BCUT2D eigenvalue weighted by Crippen LogP contribution is 2.05. The normalized spacial score (nSPS) is 31.3. The van der Waals surface area contributed by atoms with E-state index in [1.807, 2.05) is 0 Å². The number of nitrogens with one attached hydrogen (secondary N) is 1. The fraction of sp³-hybridized carbons (Fsp3) is 0.800. The third-order valence-corrected chi connectivity index (χ3v) is 1.41. The molecule has 0 aromatic rings. The molecule has 0 amide bonds. The van der Waals surface area contributed by atoms with E-state index in [1.54, 1.807) is 0 Å². The Morgan fingerprint density at radius 3 is 2.50 bits per heavy atom. The minimum atomic E-state index is -0.883. The molecule has 4 nitrogen and oxygen atoms in total. The summed E-state index contributed by atoms with van der Waals surface area (Å²) in [6, 6.07) is -0.542. The Hall–Kier alpha value is -0.320. The maximum Gasteiger partial charge on any atom is 1.00 e. The van der Waals surface area contributed by atoms with Crippen molar-refractivity contribution in [2.24, 2.45) is 0 Å². The zero-order valence-electron chi connectivity index (χ0n) is 6.28. The van der Waals surface area contributed by atoms with E-state index >= 15 is 0 Å². The highest BCUT2D eigenvalue weighted by atomic mass is 35.5. The third-order valence-electron chi connectivity index (χ3n) is 1.41. The quantitative estimate of drug-likeness (QED) is 0.486. The molecule has 0 spiro atoms. The summed E-state index contributed by atoms with van der Waals surface area (Å²) in [6.07, 6.45) is -0.152. The standard InChI is InChI=1S/C5H9NO3.ClH/c7-3-1-4(5(8)9)6-2-3;/h3-4,6-7H,1-2H2,(H,8,9);1H/p+1/t3-,4+;/m1./s1. The summed E-state index contributed by atoms with van der Waals surface area (Å²) in [4.78, 5) is 10.2. The van der Waals surface area contributed by atoms with Gasteiger partial charge in [-0.3, -0.25) is 4.79 Å². The lowest BCUT2D eigenvalue weighted by atomic mass is 10.2. The van der Waals surface area contributed by atoms with E-state index in [-0.39, 0.29) is 13.8 Å². The fourth-order valence-corrected chi connectivity index (χ4v) is 0.905. The lowest BCUT2D eigenvalue weighted by Gasteiger charge is -1.99. The number of aliphatic hydroxyl groups excluding tert-OH is 1. The van der Waals surface area contributed by atoms with Crippen molar-refractivity contribution < 1.29 is 16.4 Å². The van der Waals surface area contributed by atoms with E-state index in [9.17, 15) is 4.79 Å². The Morgan fingerprint density at radius 2 is 2.30 bits per heavy atom. The molecule has 0 unspecified atom stereocenters. The molecule has 0 aromatic heterocycles. The van der Waals surface area contributed by atoms with Crippen LogP contribution in [0.2, 0.25) is 0 Å². The summed E-state index contributed by atoms with van der Waals surface area (Å²) < 4.78 is 0. The van der Waals surface area contributed by atoms with Gasteiger partial charge in [0.05, 0.1) is 6.10 Å². The summed E-state index contributed by atoms with van der Waals surface area (Å²) in [5.74, 6) is -0.883. The lowest BCUT2D eigenvalue weighted by molar-refractivity contribution is -0.139.